The number of fused-ring (bicyclic) bond motifs is 1. The van der Waals surface area contributed by atoms with Crippen molar-refractivity contribution in [1.82, 2.24) is 19.7 Å². The Morgan fingerprint density at radius 1 is 1.03 bits per heavy atom. The van der Waals surface area contributed by atoms with E-state index in [4.69, 9.17) is 0 Å². The number of benzene rings is 1. The Morgan fingerprint density at radius 3 is 2.71 bits per heavy atom. The van der Waals surface area contributed by atoms with E-state index in [1.54, 1.807) is 18.6 Å². The van der Waals surface area contributed by atoms with Crippen LogP contribution in [-0.4, -0.2) is 25.7 Å². The van der Waals surface area contributed by atoms with Crippen molar-refractivity contribution in [3.05, 3.63) is 90.8 Å². The molecule has 0 aliphatic carbocycles. The van der Waals surface area contributed by atoms with Gasteiger partial charge < -0.3 is 9.73 Å². The van der Waals surface area contributed by atoms with Gasteiger partial charge in [0.05, 0.1) is 5.69 Å². The molecule has 5 aromatic rings. The number of pyridine rings is 2. The number of nitrogens with one attached hydrogen (secondary N) is 1. The maximum absolute atomic E-state index is 14.5. The topological polar surface area (TPSA) is 85.8 Å². The summed E-state index contributed by atoms with van der Waals surface area (Å²) >= 11 is 0. The highest BCUT2D eigenvalue weighted by atomic mass is 19.1. The summed E-state index contributed by atoms with van der Waals surface area (Å²) in [5.41, 5.74) is 2.40. The molecule has 0 fully saturated rings. The summed E-state index contributed by atoms with van der Waals surface area (Å²) in [6.07, 6.45) is 4.98. The SMILES string of the molecule is O=C(Nc1ccc(F)c(-n2cc3cc(-c4ccccn4)cnc3n2)c1)c1ccc(F)o1. The Morgan fingerprint density at radius 2 is 1.94 bits per heavy atom. The maximum Gasteiger partial charge on any atom is 0.291 e. The van der Waals surface area contributed by atoms with Crippen molar-refractivity contribution in [2.75, 3.05) is 5.32 Å². The molecule has 0 saturated heterocycles. The lowest BCUT2D eigenvalue weighted by molar-refractivity contribution is 0.0988. The number of furan rings is 1. The molecule has 4 aromatic heterocycles. The molecule has 0 saturated carbocycles. The first-order chi connectivity index (χ1) is 15.1. The molecule has 4 heterocycles. The van der Waals surface area contributed by atoms with Crippen LogP contribution in [0, 0.1) is 11.8 Å². The van der Waals surface area contributed by atoms with Gasteiger partial charge in [0.15, 0.2) is 11.4 Å². The van der Waals surface area contributed by atoms with Gasteiger partial charge in [-0.2, -0.15) is 4.39 Å². The summed E-state index contributed by atoms with van der Waals surface area (Å²) < 4.78 is 33.5. The smallest absolute Gasteiger partial charge is 0.291 e. The van der Waals surface area contributed by atoms with E-state index in [0.717, 1.165) is 17.3 Å². The van der Waals surface area contributed by atoms with Crippen molar-refractivity contribution in [3.8, 4) is 16.9 Å². The molecule has 9 heteroatoms. The molecular formula is C22H13F2N5O2. The minimum atomic E-state index is -0.870. The molecule has 31 heavy (non-hydrogen) atoms. The van der Waals surface area contributed by atoms with Crippen molar-refractivity contribution >= 4 is 22.6 Å². The fourth-order valence-corrected chi connectivity index (χ4v) is 3.11. The molecule has 0 aliphatic rings. The van der Waals surface area contributed by atoms with Gasteiger partial charge in [-0.05, 0) is 42.5 Å². The lowest BCUT2D eigenvalue weighted by Gasteiger charge is -2.07. The Kier molecular flexibility index (Phi) is 4.47. The van der Waals surface area contributed by atoms with E-state index < -0.39 is 17.7 Å². The monoisotopic (exact) mass is 417 g/mol. The number of hydrogen-bond acceptors (Lipinski definition) is 5. The second-order valence-corrected chi connectivity index (χ2v) is 6.65. The largest absolute Gasteiger partial charge is 0.426 e. The highest BCUT2D eigenvalue weighted by molar-refractivity contribution is 6.02. The number of anilines is 1. The second kappa shape index (κ2) is 7.45. The number of nitrogens with zero attached hydrogens (tertiary/aromatic N) is 4. The van der Waals surface area contributed by atoms with Gasteiger partial charge in [0.2, 0.25) is 0 Å². The van der Waals surface area contributed by atoms with E-state index in [2.05, 4.69) is 24.8 Å². The zero-order valence-corrected chi connectivity index (χ0v) is 15.8. The van der Waals surface area contributed by atoms with E-state index in [-0.39, 0.29) is 11.4 Å². The minimum absolute atomic E-state index is 0.112. The van der Waals surface area contributed by atoms with Crippen molar-refractivity contribution in [2.24, 2.45) is 0 Å². The van der Waals surface area contributed by atoms with Gasteiger partial charge in [-0.15, -0.1) is 5.10 Å². The van der Waals surface area contributed by atoms with E-state index in [1.165, 1.54) is 28.9 Å². The lowest BCUT2D eigenvalue weighted by atomic mass is 10.1. The van der Waals surface area contributed by atoms with Crippen LogP contribution in [0.25, 0.3) is 28.0 Å². The van der Waals surface area contributed by atoms with Crippen LogP contribution in [0.5, 0.6) is 0 Å². The molecule has 7 nitrogen and oxygen atoms in total. The van der Waals surface area contributed by atoms with Crippen molar-refractivity contribution < 1.29 is 18.0 Å². The summed E-state index contributed by atoms with van der Waals surface area (Å²) in [4.78, 5) is 20.8. The van der Waals surface area contributed by atoms with Crippen LogP contribution in [0.3, 0.4) is 0 Å². The zero-order valence-electron chi connectivity index (χ0n) is 15.8. The molecular weight excluding hydrogens is 404 g/mol. The summed E-state index contributed by atoms with van der Waals surface area (Å²) in [7, 11) is 0. The first-order valence-electron chi connectivity index (χ1n) is 9.20. The van der Waals surface area contributed by atoms with Gasteiger partial charge in [-0.3, -0.25) is 9.78 Å². The van der Waals surface area contributed by atoms with Gasteiger partial charge >= 0.3 is 0 Å². The second-order valence-electron chi connectivity index (χ2n) is 6.65. The third-order valence-electron chi connectivity index (χ3n) is 4.57. The average molecular weight is 417 g/mol. The van der Waals surface area contributed by atoms with Crippen LogP contribution in [0.1, 0.15) is 10.6 Å². The van der Waals surface area contributed by atoms with E-state index in [9.17, 15) is 13.6 Å². The van der Waals surface area contributed by atoms with Crippen LogP contribution < -0.4 is 5.32 Å². The molecule has 0 aliphatic heterocycles. The summed E-state index contributed by atoms with van der Waals surface area (Å²) in [5, 5.41) is 7.56. The van der Waals surface area contributed by atoms with Crippen LogP contribution >= 0.6 is 0 Å². The number of carbonyl (C=O) groups excluding carboxylic acids is 1. The molecule has 0 unspecified atom stereocenters. The number of amides is 1. The minimum Gasteiger partial charge on any atom is -0.426 e. The number of halogens is 2. The molecule has 5 rings (SSSR count). The van der Waals surface area contributed by atoms with Gasteiger partial charge in [0, 0.05) is 41.3 Å². The third-order valence-corrected chi connectivity index (χ3v) is 4.57. The zero-order chi connectivity index (χ0) is 21.4. The van der Waals surface area contributed by atoms with Crippen LogP contribution in [0.4, 0.5) is 14.5 Å². The van der Waals surface area contributed by atoms with E-state index >= 15 is 0 Å². The molecule has 1 N–H and O–H groups in total. The Hall–Kier alpha value is -4.40. The molecule has 1 amide bonds. The predicted molar refractivity (Wildman–Crippen MR) is 109 cm³/mol. The van der Waals surface area contributed by atoms with Crippen LogP contribution in [0.15, 0.2) is 77.6 Å². The number of carbonyl (C=O) groups is 1. The van der Waals surface area contributed by atoms with Crippen molar-refractivity contribution in [2.45, 2.75) is 0 Å². The van der Waals surface area contributed by atoms with Gasteiger partial charge in [-0.1, -0.05) is 6.07 Å². The number of rotatable bonds is 4. The predicted octanol–water partition coefficient (Wildman–Crippen LogP) is 4.61. The fraction of sp³-hybridized carbons (Fsp3) is 0. The van der Waals surface area contributed by atoms with Crippen molar-refractivity contribution in [1.29, 1.82) is 0 Å². The van der Waals surface area contributed by atoms with Crippen molar-refractivity contribution in [3.63, 3.8) is 0 Å². The molecule has 0 radical (unpaired) electrons. The molecule has 1 aromatic carbocycles. The van der Waals surface area contributed by atoms with Crippen LogP contribution in [0.2, 0.25) is 0 Å². The average Bonchev–Trinajstić information content (AvgIpc) is 3.41. The van der Waals surface area contributed by atoms with E-state index in [0.29, 0.717) is 16.7 Å². The number of aromatic nitrogens is 4. The Bertz CT molecular complexity index is 1410. The van der Waals surface area contributed by atoms with Gasteiger partial charge in [0.1, 0.15) is 11.5 Å². The lowest BCUT2D eigenvalue weighted by Crippen LogP contribution is -2.11. The summed E-state index contributed by atoms with van der Waals surface area (Å²) in [5.74, 6) is -1.40. The first-order valence-corrected chi connectivity index (χ1v) is 9.20. The van der Waals surface area contributed by atoms with Gasteiger partial charge in [-0.25, -0.2) is 14.1 Å². The quantitative estimate of drug-likeness (QED) is 0.462. The van der Waals surface area contributed by atoms with Gasteiger partial charge in [0.25, 0.3) is 11.9 Å². The standard InChI is InChI=1S/C22H13F2N5O2/c23-16-5-4-15(27-22(30)19-6-7-20(24)31-19)10-18(16)29-12-14-9-13(11-26-21(14)28-29)17-3-1-2-8-25-17/h1-12H,(H,27,30). The molecule has 0 bridgehead atoms. The first kappa shape index (κ1) is 18.6. The highest BCUT2D eigenvalue weighted by Gasteiger charge is 2.14. The highest BCUT2D eigenvalue weighted by Crippen LogP contribution is 2.24. The molecule has 152 valence electrons. The van der Waals surface area contributed by atoms with Crippen LogP contribution in [-0.2, 0) is 0 Å². The summed E-state index contributed by atoms with van der Waals surface area (Å²) in [6, 6.07) is 12.8. The normalized spacial score (nSPS) is 11.0. The van der Waals surface area contributed by atoms with E-state index in [1.807, 2.05) is 24.3 Å². The Labute approximate surface area is 174 Å². The maximum atomic E-state index is 14.5. The third kappa shape index (κ3) is 3.64. The molecule has 0 atom stereocenters. The fourth-order valence-electron chi connectivity index (χ4n) is 3.11. The molecule has 0 spiro atoms. The summed E-state index contributed by atoms with van der Waals surface area (Å²) in [6.45, 7) is 0. The Balaban J connectivity index is 1.48. The number of hydrogen-bond donors (Lipinski definition) is 1.